The van der Waals surface area contributed by atoms with Gasteiger partial charge in [0.1, 0.15) is 10.6 Å². The average molecular weight is 384 g/mol. The molecule has 0 bridgehead atoms. The molecule has 0 saturated carbocycles. The molecule has 2 aromatic rings. The number of methoxy groups -OCH3 is 1. The van der Waals surface area contributed by atoms with Gasteiger partial charge < -0.3 is 4.74 Å². The van der Waals surface area contributed by atoms with Crippen molar-refractivity contribution >= 4 is 26.0 Å². The SMILES string of the molecule is COc1ccc(C)cc1S(=O)(=O)NC(C)c1cccc(Br)c1. The van der Waals surface area contributed by atoms with Gasteiger partial charge in [0.15, 0.2) is 0 Å². The predicted molar refractivity (Wildman–Crippen MR) is 90.6 cm³/mol. The Kier molecular flexibility index (Phi) is 5.26. The van der Waals surface area contributed by atoms with Crippen molar-refractivity contribution in [3.63, 3.8) is 0 Å². The number of hydrogen-bond acceptors (Lipinski definition) is 3. The summed E-state index contributed by atoms with van der Waals surface area (Å²) in [7, 11) is -2.22. The second-order valence-electron chi connectivity index (χ2n) is 5.05. The van der Waals surface area contributed by atoms with Crippen LogP contribution in [-0.2, 0) is 10.0 Å². The standard InChI is InChI=1S/C16H18BrNO3S/c1-11-7-8-15(21-3)16(9-11)22(19,20)18-12(2)13-5-4-6-14(17)10-13/h4-10,12,18H,1-3H3. The fourth-order valence-electron chi connectivity index (χ4n) is 2.13. The molecule has 2 rings (SSSR count). The van der Waals surface area contributed by atoms with E-state index in [1.807, 2.05) is 44.2 Å². The summed E-state index contributed by atoms with van der Waals surface area (Å²) < 4.78 is 34.0. The summed E-state index contributed by atoms with van der Waals surface area (Å²) in [6.45, 7) is 3.65. The van der Waals surface area contributed by atoms with E-state index in [9.17, 15) is 8.42 Å². The van der Waals surface area contributed by atoms with E-state index < -0.39 is 10.0 Å². The molecule has 0 spiro atoms. The van der Waals surface area contributed by atoms with Gasteiger partial charge in [-0.05, 0) is 49.2 Å². The van der Waals surface area contributed by atoms with Crippen molar-refractivity contribution in [3.8, 4) is 5.75 Å². The van der Waals surface area contributed by atoms with Crippen LogP contribution in [0.15, 0.2) is 51.8 Å². The van der Waals surface area contributed by atoms with Crippen LogP contribution in [0.2, 0.25) is 0 Å². The average Bonchev–Trinajstić information content (AvgIpc) is 2.46. The molecule has 4 nitrogen and oxygen atoms in total. The van der Waals surface area contributed by atoms with Gasteiger partial charge in [0.2, 0.25) is 10.0 Å². The fraction of sp³-hybridized carbons (Fsp3) is 0.250. The molecule has 0 amide bonds. The summed E-state index contributed by atoms with van der Waals surface area (Å²) in [4.78, 5) is 0.150. The van der Waals surface area contributed by atoms with Crippen molar-refractivity contribution in [1.82, 2.24) is 4.72 Å². The maximum atomic E-state index is 12.6. The summed E-state index contributed by atoms with van der Waals surface area (Å²) in [6.07, 6.45) is 0. The van der Waals surface area contributed by atoms with Crippen LogP contribution in [0.5, 0.6) is 5.75 Å². The monoisotopic (exact) mass is 383 g/mol. The van der Waals surface area contributed by atoms with E-state index >= 15 is 0 Å². The Morgan fingerprint density at radius 3 is 2.55 bits per heavy atom. The molecule has 22 heavy (non-hydrogen) atoms. The third-order valence-corrected chi connectivity index (χ3v) is 5.34. The van der Waals surface area contributed by atoms with E-state index in [0.717, 1.165) is 15.6 Å². The van der Waals surface area contributed by atoms with Crippen molar-refractivity contribution < 1.29 is 13.2 Å². The smallest absolute Gasteiger partial charge is 0.244 e. The summed E-state index contributed by atoms with van der Waals surface area (Å²) in [6, 6.07) is 12.3. The van der Waals surface area contributed by atoms with Crippen LogP contribution in [-0.4, -0.2) is 15.5 Å². The minimum Gasteiger partial charge on any atom is -0.495 e. The highest BCUT2D eigenvalue weighted by atomic mass is 79.9. The highest BCUT2D eigenvalue weighted by Gasteiger charge is 2.22. The summed E-state index contributed by atoms with van der Waals surface area (Å²) >= 11 is 3.39. The van der Waals surface area contributed by atoms with Crippen LogP contribution >= 0.6 is 15.9 Å². The molecule has 0 fully saturated rings. The summed E-state index contributed by atoms with van der Waals surface area (Å²) in [5.74, 6) is 0.333. The maximum Gasteiger partial charge on any atom is 0.244 e. The van der Waals surface area contributed by atoms with Crippen LogP contribution in [0.1, 0.15) is 24.1 Å². The Bertz CT molecular complexity index is 775. The number of nitrogens with one attached hydrogen (secondary N) is 1. The number of ether oxygens (including phenoxy) is 1. The van der Waals surface area contributed by atoms with Gasteiger partial charge in [0.25, 0.3) is 0 Å². The number of benzene rings is 2. The van der Waals surface area contributed by atoms with Crippen LogP contribution < -0.4 is 9.46 Å². The summed E-state index contributed by atoms with van der Waals surface area (Å²) in [5.41, 5.74) is 1.74. The lowest BCUT2D eigenvalue weighted by molar-refractivity contribution is 0.402. The van der Waals surface area contributed by atoms with Crippen molar-refractivity contribution in [3.05, 3.63) is 58.1 Å². The first-order valence-corrected chi connectivity index (χ1v) is 9.03. The van der Waals surface area contributed by atoms with Gasteiger partial charge in [-0.15, -0.1) is 0 Å². The third-order valence-electron chi connectivity index (χ3n) is 3.29. The third kappa shape index (κ3) is 3.88. The topological polar surface area (TPSA) is 55.4 Å². The van der Waals surface area contributed by atoms with Gasteiger partial charge in [-0.25, -0.2) is 13.1 Å². The molecule has 0 aliphatic rings. The van der Waals surface area contributed by atoms with Crippen LogP contribution in [0.25, 0.3) is 0 Å². The Labute approximate surface area is 139 Å². The van der Waals surface area contributed by atoms with E-state index in [0.29, 0.717) is 5.75 Å². The van der Waals surface area contributed by atoms with Gasteiger partial charge in [0, 0.05) is 10.5 Å². The molecule has 118 valence electrons. The molecular weight excluding hydrogens is 366 g/mol. The summed E-state index contributed by atoms with van der Waals surface area (Å²) in [5, 5.41) is 0. The molecule has 1 unspecified atom stereocenters. The van der Waals surface area contributed by atoms with Gasteiger partial charge >= 0.3 is 0 Å². The number of hydrogen-bond donors (Lipinski definition) is 1. The Hall–Kier alpha value is -1.37. The molecule has 0 heterocycles. The van der Waals surface area contributed by atoms with Gasteiger partial charge in [-0.3, -0.25) is 0 Å². The molecule has 0 radical (unpaired) electrons. The minimum absolute atomic E-state index is 0.150. The van der Waals surface area contributed by atoms with Crippen molar-refractivity contribution in [2.75, 3.05) is 7.11 Å². The minimum atomic E-state index is -3.68. The molecule has 2 aromatic carbocycles. The largest absolute Gasteiger partial charge is 0.495 e. The Balaban J connectivity index is 2.33. The fourth-order valence-corrected chi connectivity index (χ4v) is 4.04. The lowest BCUT2D eigenvalue weighted by atomic mass is 10.1. The number of sulfonamides is 1. The van der Waals surface area contributed by atoms with Gasteiger partial charge in [-0.2, -0.15) is 0 Å². The van der Waals surface area contributed by atoms with Crippen LogP contribution in [0.4, 0.5) is 0 Å². The maximum absolute atomic E-state index is 12.6. The first-order chi connectivity index (χ1) is 10.3. The lowest BCUT2D eigenvalue weighted by Crippen LogP contribution is -2.27. The molecule has 6 heteroatoms. The van der Waals surface area contributed by atoms with E-state index in [2.05, 4.69) is 20.7 Å². The second kappa shape index (κ2) is 6.81. The van der Waals surface area contributed by atoms with E-state index in [1.165, 1.54) is 7.11 Å². The normalized spacial score (nSPS) is 12.9. The predicted octanol–water partition coefficient (Wildman–Crippen LogP) is 3.81. The molecule has 0 aliphatic heterocycles. The highest BCUT2D eigenvalue weighted by molar-refractivity contribution is 9.10. The zero-order chi connectivity index (χ0) is 16.3. The number of rotatable bonds is 5. The van der Waals surface area contributed by atoms with Gasteiger partial charge in [-0.1, -0.05) is 34.1 Å². The van der Waals surface area contributed by atoms with Crippen LogP contribution in [0, 0.1) is 6.92 Å². The first kappa shape index (κ1) is 17.0. The van der Waals surface area contributed by atoms with Gasteiger partial charge in [0.05, 0.1) is 7.11 Å². The van der Waals surface area contributed by atoms with E-state index in [1.54, 1.807) is 12.1 Å². The lowest BCUT2D eigenvalue weighted by Gasteiger charge is -2.17. The molecule has 0 aromatic heterocycles. The van der Waals surface area contributed by atoms with Crippen molar-refractivity contribution in [1.29, 1.82) is 0 Å². The molecule has 1 atom stereocenters. The van der Waals surface area contributed by atoms with E-state index in [4.69, 9.17) is 4.74 Å². The van der Waals surface area contributed by atoms with Crippen molar-refractivity contribution in [2.24, 2.45) is 0 Å². The number of halogens is 1. The molecule has 0 saturated heterocycles. The van der Waals surface area contributed by atoms with Crippen LogP contribution in [0.3, 0.4) is 0 Å². The van der Waals surface area contributed by atoms with Crippen molar-refractivity contribution in [2.45, 2.75) is 24.8 Å². The molecule has 0 aliphatic carbocycles. The second-order valence-corrected chi connectivity index (χ2v) is 7.65. The first-order valence-electron chi connectivity index (χ1n) is 6.76. The quantitative estimate of drug-likeness (QED) is 0.853. The Morgan fingerprint density at radius 1 is 1.18 bits per heavy atom. The zero-order valence-electron chi connectivity index (χ0n) is 12.6. The number of aryl methyl sites for hydroxylation is 1. The Morgan fingerprint density at radius 2 is 1.91 bits per heavy atom. The van der Waals surface area contributed by atoms with E-state index in [-0.39, 0.29) is 10.9 Å². The molecule has 1 N–H and O–H groups in total. The zero-order valence-corrected chi connectivity index (χ0v) is 15.0. The highest BCUT2D eigenvalue weighted by Crippen LogP contribution is 2.27. The molecular formula is C16H18BrNO3S.